The van der Waals surface area contributed by atoms with Crippen LogP contribution in [0.4, 0.5) is 0 Å². The van der Waals surface area contributed by atoms with Crippen molar-refractivity contribution in [3.63, 3.8) is 0 Å². The van der Waals surface area contributed by atoms with Crippen molar-refractivity contribution in [1.82, 2.24) is 4.98 Å². The lowest BCUT2D eigenvalue weighted by atomic mass is 9.83. The number of aryl methyl sites for hydroxylation is 1. The predicted octanol–water partition coefficient (Wildman–Crippen LogP) is 4.23. The van der Waals surface area contributed by atoms with E-state index in [4.69, 9.17) is 16.3 Å². The molecule has 0 amide bonds. The van der Waals surface area contributed by atoms with E-state index in [0.717, 1.165) is 5.75 Å². The normalized spacial score (nSPS) is 17.8. The molecule has 3 heteroatoms. The predicted molar refractivity (Wildman–Crippen MR) is 76.9 cm³/mol. The second-order valence-corrected chi connectivity index (χ2v) is 5.30. The molecular formula is C16H16ClNO. The first-order valence-corrected chi connectivity index (χ1v) is 7.03. The summed E-state index contributed by atoms with van der Waals surface area (Å²) < 4.78 is 5.84. The molecule has 1 aliphatic rings. The lowest BCUT2D eigenvalue weighted by Crippen LogP contribution is -2.16. The monoisotopic (exact) mass is 273 g/mol. The van der Waals surface area contributed by atoms with Crippen molar-refractivity contribution in [2.75, 3.05) is 6.61 Å². The highest BCUT2D eigenvalue weighted by molar-refractivity contribution is 6.29. The van der Waals surface area contributed by atoms with Crippen molar-refractivity contribution in [3.8, 4) is 5.75 Å². The van der Waals surface area contributed by atoms with Gasteiger partial charge in [0.2, 0.25) is 0 Å². The van der Waals surface area contributed by atoms with E-state index in [1.807, 2.05) is 6.07 Å². The molecule has 0 fully saturated rings. The maximum absolute atomic E-state index is 5.84. The minimum atomic E-state index is 0.487. The van der Waals surface area contributed by atoms with Crippen molar-refractivity contribution < 1.29 is 4.74 Å². The number of hydrogen-bond acceptors (Lipinski definition) is 2. The van der Waals surface area contributed by atoms with Gasteiger partial charge in [-0.1, -0.05) is 35.9 Å². The summed E-state index contributed by atoms with van der Waals surface area (Å²) in [4.78, 5) is 4.03. The number of aromatic nitrogens is 1. The van der Waals surface area contributed by atoms with Gasteiger partial charge in [-0.15, -0.1) is 0 Å². The lowest BCUT2D eigenvalue weighted by molar-refractivity contribution is 0.274. The molecule has 1 aromatic carbocycles. The minimum Gasteiger partial charge on any atom is -0.491 e. The number of hydrogen-bond donors (Lipinski definition) is 0. The Balaban J connectivity index is 1.69. The number of fused-ring (bicyclic) bond motifs is 1. The molecule has 2 nitrogen and oxygen atoms in total. The highest BCUT2D eigenvalue weighted by Gasteiger charge is 2.20. The number of halogens is 1. The van der Waals surface area contributed by atoms with E-state index >= 15 is 0 Å². The third-order valence-electron chi connectivity index (χ3n) is 3.65. The molecule has 0 saturated heterocycles. The fourth-order valence-corrected chi connectivity index (χ4v) is 2.78. The SMILES string of the molecule is Clc1ccc(OCC2CCCc3ccccc32)cn1. The van der Waals surface area contributed by atoms with Crippen LogP contribution in [0.1, 0.15) is 29.9 Å². The molecule has 1 atom stereocenters. The largest absolute Gasteiger partial charge is 0.491 e. The third kappa shape index (κ3) is 2.90. The van der Waals surface area contributed by atoms with Gasteiger partial charge in [-0.2, -0.15) is 0 Å². The lowest BCUT2D eigenvalue weighted by Gasteiger charge is -2.25. The molecule has 1 aromatic heterocycles. The summed E-state index contributed by atoms with van der Waals surface area (Å²) >= 11 is 5.76. The molecule has 98 valence electrons. The maximum atomic E-state index is 5.84. The van der Waals surface area contributed by atoms with Gasteiger partial charge in [0.05, 0.1) is 12.8 Å². The van der Waals surface area contributed by atoms with Gasteiger partial charge in [-0.3, -0.25) is 0 Å². The van der Waals surface area contributed by atoms with Gasteiger partial charge < -0.3 is 4.74 Å². The van der Waals surface area contributed by atoms with Crippen LogP contribution in [0, 0.1) is 0 Å². The summed E-state index contributed by atoms with van der Waals surface area (Å²) in [6.07, 6.45) is 5.30. The molecule has 1 heterocycles. The highest BCUT2D eigenvalue weighted by atomic mass is 35.5. The zero-order valence-corrected chi connectivity index (χ0v) is 11.4. The summed E-state index contributed by atoms with van der Waals surface area (Å²) in [6.45, 7) is 0.709. The fourth-order valence-electron chi connectivity index (χ4n) is 2.67. The van der Waals surface area contributed by atoms with Crippen LogP contribution >= 0.6 is 11.6 Å². The number of pyridine rings is 1. The standard InChI is InChI=1S/C16H16ClNO/c17-16-9-8-14(10-18-16)19-11-13-6-3-5-12-4-1-2-7-15(12)13/h1-2,4,7-10,13H,3,5-6,11H2. The Hall–Kier alpha value is -1.54. The summed E-state index contributed by atoms with van der Waals surface area (Å²) in [6, 6.07) is 12.3. The fraction of sp³-hybridized carbons (Fsp3) is 0.312. The van der Waals surface area contributed by atoms with Gasteiger partial charge in [-0.05, 0) is 42.5 Å². The smallest absolute Gasteiger partial charge is 0.137 e. The van der Waals surface area contributed by atoms with Gasteiger partial charge in [0.25, 0.3) is 0 Å². The number of ether oxygens (including phenoxy) is 1. The van der Waals surface area contributed by atoms with Gasteiger partial charge in [-0.25, -0.2) is 4.98 Å². The Morgan fingerprint density at radius 2 is 2.11 bits per heavy atom. The van der Waals surface area contributed by atoms with Crippen LogP contribution in [0.3, 0.4) is 0 Å². The van der Waals surface area contributed by atoms with Crippen LogP contribution in [0.5, 0.6) is 5.75 Å². The molecule has 0 radical (unpaired) electrons. The van der Waals surface area contributed by atoms with Gasteiger partial charge >= 0.3 is 0 Å². The van der Waals surface area contributed by atoms with Crippen molar-refractivity contribution >= 4 is 11.6 Å². The Morgan fingerprint density at radius 1 is 1.21 bits per heavy atom. The van der Waals surface area contributed by atoms with Crippen LogP contribution in [-0.2, 0) is 6.42 Å². The molecule has 3 rings (SSSR count). The molecule has 0 bridgehead atoms. The van der Waals surface area contributed by atoms with Crippen molar-refractivity contribution in [3.05, 3.63) is 58.9 Å². The molecule has 19 heavy (non-hydrogen) atoms. The Morgan fingerprint density at radius 3 is 2.95 bits per heavy atom. The molecule has 1 aliphatic carbocycles. The molecule has 0 aliphatic heterocycles. The van der Waals surface area contributed by atoms with Gasteiger partial charge in [0.15, 0.2) is 0 Å². The molecular weight excluding hydrogens is 258 g/mol. The van der Waals surface area contributed by atoms with Crippen molar-refractivity contribution in [2.45, 2.75) is 25.2 Å². The Bertz CT molecular complexity index is 553. The summed E-state index contributed by atoms with van der Waals surface area (Å²) in [5.74, 6) is 1.27. The Kier molecular flexibility index (Phi) is 3.69. The first-order valence-electron chi connectivity index (χ1n) is 6.65. The summed E-state index contributed by atoms with van der Waals surface area (Å²) in [5.41, 5.74) is 2.91. The quantitative estimate of drug-likeness (QED) is 0.781. The average molecular weight is 274 g/mol. The third-order valence-corrected chi connectivity index (χ3v) is 3.87. The van der Waals surface area contributed by atoms with Crippen molar-refractivity contribution in [2.24, 2.45) is 0 Å². The molecule has 2 aromatic rings. The van der Waals surface area contributed by atoms with E-state index in [1.54, 1.807) is 12.3 Å². The maximum Gasteiger partial charge on any atom is 0.137 e. The number of nitrogens with zero attached hydrogens (tertiary/aromatic N) is 1. The van der Waals surface area contributed by atoms with Crippen LogP contribution in [0.15, 0.2) is 42.6 Å². The highest BCUT2D eigenvalue weighted by Crippen LogP contribution is 2.31. The van der Waals surface area contributed by atoms with Gasteiger partial charge in [0, 0.05) is 5.92 Å². The second kappa shape index (κ2) is 5.62. The van der Waals surface area contributed by atoms with E-state index in [2.05, 4.69) is 29.2 Å². The first kappa shape index (κ1) is 12.5. The molecule has 1 unspecified atom stereocenters. The van der Waals surface area contributed by atoms with Crippen LogP contribution in [0.25, 0.3) is 0 Å². The van der Waals surface area contributed by atoms with Crippen LogP contribution < -0.4 is 4.74 Å². The number of benzene rings is 1. The van der Waals surface area contributed by atoms with E-state index in [9.17, 15) is 0 Å². The summed E-state index contributed by atoms with van der Waals surface area (Å²) in [5, 5.41) is 0.496. The van der Waals surface area contributed by atoms with Crippen LogP contribution in [-0.4, -0.2) is 11.6 Å². The van der Waals surface area contributed by atoms with Crippen molar-refractivity contribution in [1.29, 1.82) is 0 Å². The van der Waals surface area contributed by atoms with Crippen LogP contribution in [0.2, 0.25) is 5.15 Å². The number of rotatable bonds is 3. The van der Waals surface area contributed by atoms with E-state index in [-0.39, 0.29) is 0 Å². The Labute approximate surface area is 118 Å². The molecule has 0 N–H and O–H groups in total. The topological polar surface area (TPSA) is 22.1 Å². The minimum absolute atomic E-state index is 0.487. The molecule has 0 spiro atoms. The molecule has 0 saturated carbocycles. The zero-order chi connectivity index (χ0) is 13.1. The van der Waals surface area contributed by atoms with E-state index < -0.39 is 0 Å². The summed E-state index contributed by atoms with van der Waals surface area (Å²) in [7, 11) is 0. The first-order chi connectivity index (χ1) is 9.33. The second-order valence-electron chi connectivity index (χ2n) is 4.92. The van der Waals surface area contributed by atoms with E-state index in [0.29, 0.717) is 17.7 Å². The zero-order valence-electron chi connectivity index (χ0n) is 10.7. The van der Waals surface area contributed by atoms with E-state index in [1.165, 1.54) is 30.4 Å². The average Bonchev–Trinajstić information content (AvgIpc) is 2.47. The van der Waals surface area contributed by atoms with Gasteiger partial charge in [0.1, 0.15) is 10.9 Å².